The van der Waals surface area contributed by atoms with E-state index in [0.717, 1.165) is 11.1 Å². The Morgan fingerprint density at radius 3 is 1.15 bits per heavy atom. The molecule has 0 atom stereocenters. The molecule has 0 aliphatic rings. The van der Waals surface area contributed by atoms with Gasteiger partial charge in [-0.3, -0.25) is 0 Å². The summed E-state index contributed by atoms with van der Waals surface area (Å²) in [6, 6.07) is 11.2. The molecule has 0 saturated carbocycles. The van der Waals surface area contributed by atoms with E-state index in [1.807, 2.05) is 36.4 Å². The average Bonchev–Trinajstić information content (AvgIpc) is 2.53. The molecule has 0 radical (unpaired) electrons. The fourth-order valence-corrected chi connectivity index (χ4v) is 1.94. The van der Waals surface area contributed by atoms with E-state index in [0.29, 0.717) is 22.3 Å². The van der Waals surface area contributed by atoms with Gasteiger partial charge in [0.15, 0.2) is 0 Å². The Labute approximate surface area is 119 Å². The van der Waals surface area contributed by atoms with Gasteiger partial charge in [-0.1, -0.05) is 35.8 Å². The minimum atomic E-state index is 0.688. The van der Waals surface area contributed by atoms with Crippen molar-refractivity contribution in [1.82, 2.24) is 0 Å². The van der Waals surface area contributed by atoms with Gasteiger partial charge in [0.1, 0.15) is 0 Å². The monoisotopic (exact) mass is 250 g/mol. The molecular weight excluding hydrogens is 240 g/mol. The molecule has 0 spiro atoms. The first kappa shape index (κ1) is 13.1. The Kier molecular flexibility index (Phi) is 3.64. The summed E-state index contributed by atoms with van der Waals surface area (Å²) in [7, 11) is 0. The van der Waals surface area contributed by atoms with Crippen molar-refractivity contribution in [2.75, 3.05) is 0 Å². The third kappa shape index (κ3) is 2.28. The maximum atomic E-state index is 5.47. The van der Waals surface area contributed by atoms with Gasteiger partial charge in [-0.15, -0.1) is 25.7 Å². The minimum Gasteiger partial charge on any atom is -0.115 e. The molecule has 0 unspecified atom stereocenters. The van der Waals surface area contributed by atoms with E-state index in [2.05, 4.69) is 23.7 Å². The van der Waals surface area contributed by atoms with E-state index in [1.165, 1.54) is 0 Å². The zero-order chi connectivity index (χ0) is 14.5. The van der Waals surface area contributed by atoms with Crippen molar-refractivity contribution in [3.05, 3.63) is 58.7 Å². The first-order valence-corrected chi connectivity index (χ1v) is 5.88. The highest BCUT2D eigenvalue weighted by Gasteiger charge is 2.05. The van der Waals surface area contributed by atoms with Crippen LogP contribution in [0.2, 0.25) is 0 Å². The minimum absolute atomic E-state index is 0.688. The van der Waals surface area contributed by atoms with Crippen LogP contribution < -0.4 is 0 Å². The second-order valence-corrected chi connectivity index (χ2v) is 4.10. The zero-order valence-corrected chi connectivity index (χ0v) is 10.8. The molecule has 0 nitrogen and oxygen atoms in total. The molecule has 20 heavy (non-hydrogen) atoms. The molecule has 2 aromatic rings. The lowest BCUT2D eigenvalue weighted by molar-refractivity contribution is 1.53. The molecule has 0 saturated heterocycles. The smallest absolute Gasteiger partial charge is 0.0405 e. The Morgan fingerprint density at radius 1 is 0.500 bits per heavy atom. The van der Waals surface area contributed by atoms with E-state index in [9.17, 15) is 0 Å². The summed E-state index contributed by atoms with van der Waals surface area (Å²) in [6.07, 6.45) is 21.7. The van der Waals surface area contributed by atoms with Crippen LogP contribution in [0.15, 0.2) is 36.4 Å². The standard InChI is InChI=1S/C20H10/c1-5-15-9-11-19(13-17(15)7-3)20-12-10-16(6-2)18(8-4)14-20/h1-4,9-14H. The lowest BCUT2D eigenvalue weighted by Gasteiger charge is -2.06. The summed E-state index contributed by atoms with van der Waals surface area (Å²) in [6.45, 7) is 0. The van der Waals surface area contributed by atoms with Gasteiger partial charge in [0.2, 0.25) is 0 Å². The maximum absolute atomic E-state index is 5.47. The molecule has 0 N–H and O–H groups in total. The normalized spacial score (nSPS) is 8.80. The average molecular weight is 250 g/mol. The predicted octanol–water partition coefficient (Wildman–Crippen LogP) is 3.28. The Hall–Kier alpha value is -3.32. The second-order valence-electron chi connectivity index (χ2n) is 4.10. The van der Waals surface area contributed by atoms with E-state index in [1.54, 1.807) is 0 Å². The SMILES string of the molecule is C#Cc1ccc(-c2ccc(C#C)c(C#C)c2)cc1C#C. The number of rotatable bonds is 1. The highest BCUT2D eigenvalue weighted by Crippen LogP contribution is 2.24. The molecule has 2 aromatic carbocycles. The van der Waals surface area contributed by atoms with Crippen LogP contribution >= 0.6 is 0 Å². The van der Waals surface area contributed by atoms with Crippen molar-refractivity contribution in [2.45, 2.75) is 0 Å². The third-order valence-electron chi connectivity index (χ3n) is 2.99. The van der Waals surface area contributed by atoms with Crippen LogP contribution in [-0.2, 0) is 0 Å². The van der Waals surface area contributed by atoms with Crippen molar-refractivity contribution >= 4 is 0 Å². The van der Waals surface area contributed by atoms with Gasteiger partial charge in [-0.2, -0.15) is 0 Å². The second kappa shape index (κ2) is 5.55. The van der Waals surface area contributed by atoms with E-state index in [4.69, 9.17) is 25.7 Å². The molecule has 0 amide bonds. The maximum Gasteiger partial charge on any atom is 0.0405 e. The summed E-state index contributed by atoms with van der Waals surface area (Å²) in [5.74, 6) is 10.3. The predicted molar refractivity (Wildman–Crippen MR) is 83.6 cm³/mol. The Bertz CT molecular complexity index is 764. The molecule has 0 aromatic heterocycles. The van der Waals surface area contributed by atoms with Crippen molar-refractivity contribution in [1.29, 1.82) is 0 Å². The first-order valence-electron chi connectivity index (χ1n) is 5.88. The van der Waals surface area contributed by atoms with E-state index >= 15 is 0 Å². The lowest BCUT2D eigenvalue weighted by Crippen LogP contribution is -1.88. The van der Waals surface area contributed by atoms with Gasteiger partial charge >= 0.3 is 0 Å². The fourth-order valence-electron chi connectivity index (χ4n) is 1.94. The third-order valence-corrected chi connectivity index (χ3v) is 2.99. The molecule has 90 valence electrons. The Balaban J connectivity index is 2.60. The van der Waals surface area contributed by atoms with Gasteiger partial charge in [-0.05, 0) is 35.4 Å². The molecule has 0 heterocycles. The molecule has 0 fully saturated rings. The lowest BCUT2D eigenvalue weighted by atomic mass is 9.96. The van der Waals surface area contributed by atoms with Crippen molar-refractivity contribution in [2.24, 2.45) is 0 Å². The molecule has 0 bridgehead atoms. The number of hydrogen-bond acceptors (Lipinski definition) is 0. The number of hydrogen-bond donors (Lipinski definition) is 0. The van der Waals surface area contributed by atoms with Crippen LogP contribution in [-0.4, -0.2) is 0 Å². The molecule has 0 aliphatic carbocycles. The van der Waals surface area contributed by atoms with Crippen molar-refractivity contribution < 1.29 is 0 Å². The van der Waals surface area contributed by atoms with Crippen LogP contribution in [0, 0.1) is 49.4 Å². The Morgan fingerprint density at radius 2 is 0.850 bits per heavy atom. The quantitative estimate of drug-likeness (QED) is 0.681. The van der Waals surface area contributed by atoms with E-state index < -0.39 is 0 Å². The highest BCUT2D eigenvalue weighted by atomic mass is 14.1. The van der Waals surface area contributed by atoms with Crippen molar-refractivity contribution in [3.63, 3.8) is 0 Å². The molecule has 0 heteroatoms. The van der Waals surface area contributed by atoms with Gasteiger partial charge < -0.3 is 0 Å². The van der Waals surface area contributed by atoms with Crippen LogP contribution in [0.3, 0.4) is 0 Å². The van der Waals surface area contributed by atoms with Gasteiger partial charge in [0.25, 0.3) is 0 Å². The summed E-state index contributed by atoms with van der Waals surface area (Å²) in [5.41, 5.74) is 4.69. The van der Waals surface area contributed by atoms with Crippen molar-refractivity contribution in [3.8, 4) is 60.5 Å². The molecule has 2 rings (SSSR count). The highest BCUT2D eigenvalue weighted by molar-refractivity contribution is 5.70. The number of terminal acetylenes is 4. The fraction of sp³-hybridized carbons (Fsp3) is 0. The summed E-state index contributed by atoms with van der Waals surface area (Å²) in [4.78, 5) is 0. The summed E-state index contributed by atoms with van der Waals surface area (Å²) < 4.78 is 0. The molecule has 0 aliphatic heterocycles. The van der Waals surface area contributed by atoms with Crippen LogP contribution in [0.5, 0.6) is 0 Å². The summed E-state index contributed by atoms with van der Waals surface area (Å²) in [5, 5.41) is 0. The van der Waals surface area contributed by atoms with Crippen LogP contribution in [0.4, 0.5) is 0 Å². The van der Waals surface area contributed by atoms with Crippen LogP contribution in [0.1, 0.15) is 22.3 Å². The molecular formula is C20H10. The van der Waals surface area contributed by atoms with Gasteiger partial charge in [0, 0.05) is 22.3 Å². The largest absolute Gasteiger partial charge is 0.115 e. The topological polar surface area (TPSA) is 0 Å². The van der Waals surface area contributed by atoms with Gasteiger partial charge in [0.05, 0.1) is 0 Å². The van der Waals surface area contributed by atoms with Gasteiger partial charge in [-0.25, -0.2) is 0 Å². The van der Waals surface area contributed by atoms with E-state index in [-0.39, 0.29) is 0 Å². The number of benzene rings is 2. The zero-order valence-electron chi connectivity index (χ0n) is 10.8. The first-order chi connectivity index (χ1) is 9.73. The summed E-state index contributed by atoms with van der Waals surface area (Å²) >= 11 is 0. The van der Waals surface area contributed by atoms with Crippen LogP contribution in [0.25, 0.3) is 11.1 Å².